The monoisotopic (exact) mass is 316 g/mol. The van der Waals surface area contributed by atoms with Gasteiger partial charge in [0.1, 0.15) is 13.2 Å². The Labute approximate surface area is 124 Å². The molecular formula is C13H20N2O5S. The van der Waals surface area contributed by atoms with Crippen LogP contribution in [-0.4, -0.2) is 47.9 Å². The predicted octanol–water partition coefficient (Wildman–Crippen LogP) is 0.101. The highest BCUT2D eigenvalue weighted by Gasteiger charge is 2.18. The van der Waals surface area contributed by atoms with Crippen molar-refractivity contribution in [2.45, 2.75) is 11.3 Å². The van der Waals surface area contributed by atoms with Gasteiger partial charge in [-0.2, -0.15) is 0 Å². The number of hydrogen-bond donors (Lipinski definition) is 2. The number of nitrogens with two attached hydrogens (primary N) is 1. The molecule has 8 heteroatoms. The van der Waals surface area contributed by atoms with Crippen molar-refractivity contribution in [3.8, 4) is 11.5 Å². The van der Waals surface area contributed by atoms with Crippen LogP contribution in [0.3, 0.4) is 0 Å². The summed E-state index contributed by atoms with van der Waals surface area (Å²) in [7, 11) is -3.55. The number of ether oxygens (including phenoxy) is 3. The van der Waals surface area contributed by atoms with Crippen molar-refractivity contribution >= 4 is 10.0 Å². The number of benzene rings is 1. The third-order valence-electron chi connectivity index (χ3n) is 2.84. The van der Waals surface area contributed by atoms with Crippen molar-refractivity contribution in [1.82, 2.24) is 4.72 Å². The molecule has 0 aliphatic carbocycles. The average molecular weight is 316 g/mol. The zero-order chi connectivity index (χ0) is 15.1. The standard InChI is InChI=1S/C13H20N2O5S/c14-4-7-18-6-1-5-15-21(16,17)11-2-3-12-13(10-11)20-9-8-19-12/h2-3,10,15H,1,4-9,14H2. The van der Waals surface area contributed by atoms with Gasteiger partial charge in [0.05, 0.1) is 11.5 Å². The SMILES string of the molecule is NCCOCCCNS(=O)(=O)c1ccc2c(c1)OCCO2. The van der Waals surface area contributed by atoms with Gasteiger partial charge in [0.15, 0.2) is 11.5 Å². The molecule has 2 rings (SSSR count). The van der Waals surface area contributed by atoms with E-state index in [0.29, 0.717) is 57.4 Å². The summed E-state index contributed by atoms with van der Waals surface area (Å²) < 4.78 is 42.7. The van der Waals surface area contributed by atoms with E-state index in [1.807, 2.05) is 0 Å². The first-order chi connectivity index (χ1) is 10.1. The Kier molecular flexibility index (Phi) is 5.80. The number of rotatable bonds is 8. The third kappa shape index (κ3) is 4.57. The topological polar surface area (TPSA) is 99.9 Å². The molecular weight excluding hydrogens is 296 g/mol. The summed E-state index contributed by atoms with van der Waals surface area (Å²) in [5.41, 5.74) is 5.29. The van der Waals surface area contributed by atoms with Gasteiger partial charge in [0, 0.05) is 25.8 Å². The Morgan fingerprint density at radius 3 is 2.71 bits per heavy atom. The second-order valence-electron chi connectivity index (χ2n) is 4.46. The fourth-order valence-electron chi connectivity index (χ4n) is 1.84. The Hall–Kier alpha value is -1.35. The summed E-state index contributed by atoms with van der Waals surface area (Å²) in [4.78, 5) is 0.162. The summed E-state index contributed by atoms with van der Waals surface area (Å²) in [6.45, 7) is 2.61. The zero-order valence-electron chi connectivity index (χ0n) is 11.7. The maximum atomic E-state index is 12.1. The minimum absolute atomic E-state index is 0.162. The van der Waals surface area contributed by atoms with Crippen molar-refractivity contribution < 1.29 is 22.6 Å². The molecule has 0 atom stereocenters. The first kappa shape index (κ1) is 16.0. The summed E-state index contributed by atoms with van der Waals surface area (Å²) in [5, 5.41) is 0. The molecule has 1 aliphatic heterocycles. The van der Waals surface area contributed by atoms with E-state index in [-0.39, 0.29) is 4.90 Å². The van der Waals surface area contributed by atoms with E-state index in [2.05, 4.69) is 4.72 Å². The van der Waals surface area contributed by atoms with Gasteiger partial charge in [-0.1, -0.05) is 0 Å². The summed E-state index contributed by atoms with van der Waals surface area (Å²) in [6.07, 6.45) is 0.587. The number of sulfonamides is 1. The van der Waals surface area contributed by atoms with Crippen LogP contribution in [0.1, 0.15) is 6.42 Å². The maximum absolute atomic E-state index is 12.1. The lowest BCUT2D eigenvalue weighted by Gasteiger charge is -2.18. The van der Waals surface area contributed by atoms with Gasteiger partial charge in [0.25, 0.3) is 0 Å². The van der Waals surface area contributed by atoms with Crippen LogP contribution in [0.4, 0.5) is 0 Å². The van der Waals surface area contributed by atoms with Gasteiger partial charge in [-0.05, 0) is 18.6 Å². The van der Waals surface area contributed by atoms with Gasteiger partial charge in [0.2, 0.25) is 10.0 Å². The summed E-state index contributed by atoms with van der Waals surface area (Å²) in [5.74, 6) is 1.02. The molecule has 0 aromatic heterocycles. The van der Waals surface area contributed by atoms with Gasteiger partial charge in [-0.15, -0.1) is 0 Å². The molecule has 1 heterocycles. The van der Waals surface area contributed by atoms with Gasteiger partial charge >= 0.3 is 0 Å². The predicted molar refractivity (Wildman–Crippen MR) is 77.1 cm³/mol. The molecule has 0 fully saturated rings. The Balaban J connectivity index is 1.90. The Morgan fingerprint density at radius 1 is 1.19 bits per heavy atom. The quantitative estimate of drug-likeness (QED) is 0.660. The van der Waals surface area contributed by atoms with Crippen LogP contribution in [0, 0.1) is 0 Å². The van der Waals surface area contributed by atoms with Crippen molar-refractivity contribution in [3.05, 3.63) is 18.2 Å². The van der Waals surface area contributed by atoms with Crippen molar-refractivity contribution in [3.63, 3.8) is 0 Å². The molecule has 0 radical (unpaired) electrons. The van der Waals surface area contributed by atoms with E-state index < -0.39 is 10.0 Å². The molecule has 3 N–H and O–H groups in total. The largest absolute Gasteiger partial charge is 0.486 e. The smallest absolute Gasteiger partial charge is 0.240 e. The lowest BCUT2D eigenvalue weighted by atomic mass is 10.3. The van der Waals surface area contributed by atoms with Crippen LogP contribution < -0.4 is 19.9 Å². The van der Waals surface area contributed by atoms with Crippen LogP contribution in [0.25, 0.3) is 0 Å². The molecule has 1 aliphatic rings. The van der Waals surface area contributed by atoms with E-state index in [0.717, 1.165) is 0 Å². The van der Waals surface area contributed by atoms with Crippen LogP contribution >= 0.6 is 0 Å². The van der Waals surface area contributed by atoms with Crippen LogP contribution in [0.15, 0.2) is 23.1 Å². The molecule has 0 unspecified atom stereocenters. The van der Waals surface area contributed by atoms with Crippen molar-refractivity contribution in [2.24, 2.45) is 5.73 Å². The van der Waals surface area contributed by atoms with Crippen LogP contribution in [0.2, 0.25) is 0 Å². The van der Waals surface area contributed by atoms with Gasteiger partial charge in [-0.25, -0.2) is 13.1 Å². The van der Waals surface area contributed by atoms with Crippen LogP contribution in [0.5, 0.6) is 11.5 Å². The third-order valence-corrected chi connectivity index (χ3v) is 4.30. The number of hydrogen-bond acceptors (Lipinski definition) is 6. The molecule has 21 heavy (non-hydrogen) atoms. The van der Waals surface area contributed by atoms with Crippen LogP contribution in [-0.2, 0) is 14.8 Å². The Bertz CT molecular complexity index is 562. The molecule has 7 nitrogen and oxygen atoms in total. The van der Waals surface area contributed by atoms with E-state index in [1.54, 1.807) is 6.07 Å². The molecule has 0 spiro atoms. The lowest BCUT2D eigenvalue weighted by molar-refractivity contribution is 0.140. The van der Waals surface area contributed by atoms with Crippen molar-refractivity contribution in [2.75, 3.05) is 39.5 Å². The van der Waals surface area contributed by atoms with Gasteiger partial charge in [-0.3, -0.25) is 0 Å². The highest BCUT2D eigenvalue weighted by molar-refractivity contribution is 7.89. The molecule has 0 bridgehead atoms. The second-order valence-corrected chi connectivity index (χ2v) is 6.22. The summed E-state index contributed by atoms with van der Waals surface area (Å²) >= 11 is 0. The molecule has 1 aromatic carbocycles. The fourth-order valence-corrected chi connectivity index (χ4v) is 2.93. The highest BCUT2D eigenvalue weighted by atomic mass is 32.2. The number of fused-ring (bicyclic) bond motifs is 1. The van der Waals surface area contributed by atoms with E-state index in [1.165, 1.54) is 12.1 Å². The fraction of sp³-hybridized carbons (Fsp3) is 0.538. The lowest BCUT2D eigenvalue weighted by Crippen LogP contribution is -2.26. The molecule has 0 amide bonds. The maximum Gasteiger partial charge on any atom is 0.240 e. The molecule has 0 saturated carbocycles. The second kappa shape index (κ2) is 7.60. The number of nitrogens with one attached hydrogen (secondary N) is 1. The van der Waals surface area contributed by atoms with E-state index in [4.69, 9.17) is 19.9 Å². The van der Waals surface area contributed by atoms with E-state index in [9.17, 15) is 8.42 Å². The average Bonchev–Trinajstić information content (AvgIpc) is 2.50. The zero-order valence-corrected chi connectivity index (χ0v) is 12.5. The van der Waals surface area contributed by atoms with E-state index >= 15 is 0 Å². The normalized spacial score (nSPS) is 14.1. The van der Waals surface area contributed by atoms with Gasteiger partial charge < -0.3 is 19.9 Å². The minimum atomic E-state index is -3.55. The summed E-state index contributed by atoms with van der Waals surface area (Å²) in [6, 6.07) is 4.58. The van der Waals surface area contributed by atoms with Crippen molar-refractivity contribution in [1.29, 1.82) is 0 Å². The first-order valence-electron chi connectivity index (χ1n) is 6.80. The first-order valence-corrected chi connectivity index (χ1v) is 8.29. The molecule has 1 aromatic rings. The molecule has 118 valence electrons. The Morgan fingerprint density at radius 2 is 1.95 bits per heavy atom. The highest BCUT2D eigenvalue weighted by Crippen LogP contribution is 2.32. The minimum Gasteiger partial charge on any atom is -0.486 e. The molecule has 0 saturated heterocycles.